The fourth-order valence-electron chi connectivity index (χ4n) is 1.93. The summed E-state index contributed by atoms with van der Waals surface area (Å²) in [6.45, 7) is 4.58. The van der Waals surface area contributed by atoms with E-state index in [2.05, 4.69) is 22.3 Å². The van der Waals surface area contributed by atoms with Gasteiger partial charge in [-0.2, -0.15) is 13.2 Å². The number of amidine groups is 1. The van der Waals surface area contributed by atoms with Crippen LogP contribution in [0.25, 0.3) is 0 Å². The summed E-state index contributed by atoms with van der Waals surface area (Å²) in [5, 5.41) is 4.79. The van der Waals surface area contributed by atoms with E-state index in [9.17, 15) is 13.2 Å². The molecule has 0 spiro atoms. The Kier molecular flexibility index (Phi) is 5.02. The molecule has 1 aromatic rings. The molecule has 22 heavy (non-hydrogen) atoms. The summed E-state index contributed by atoms with van der Waals surface area (Å²) in [5.74, 6) is 0.610. The maximum atomic E-state index is 12.7. The number of rotatable bonds is 3. The molecule has 0 bridgehead atoms. The first kappa shape index (κ1) is 16.3. The molecule has 8 heteroatoms. The van der Waals surface area contributed by atoms with Crippen molar-refractivity contribution in [3.05, 3.63) is 42.5 Å². The summed E-state index contributed by atoms with van der Waals surface area (Å²) in [7, 11) is 0. The molecule has 0 unspecified atom stereocenters. The molecule has 1 aliphatic heterocycles. The van der Waals surface area contributed by atoms with E-state index < -0.39 is 11.7 Å². The van der Waals surface area contributed by atoms with Gasteiger partial charge in [-0.1, -0.05) is 12.1 Å². The molecule has 0 radical (unpaired) electrons. The molecule has 1 saturated heterocycles. The van der Waals surface area contributed by atoms with Crippen LogP contribution >= 0.6 is 12.2 Å². The number of hydrogen-bond donors (Lipinski definition) is 2. The highest BCUT2D eigenvalue weighted by atomic mass is 32.1. The standard InChI is InChI=1S/C14H15F3N4S/c1-2-7-18-13(22)19-12-6-8-21(20-12)11-5-3-4-10(9-11)14(15,16)17/h2-5,9H,1,6-8H2,(H2,18,19,20,22). The fourth-order valence-corrected chi connectivity index (χ4v) is 2.13. The number of aliphatic imine (C=N–C) groups is 1. The first-order chi connectivity index (χ1) is 10.4. The minimum absolute atomic E-state index is 0.313. The van der Waals surface area contributed by atoms with Crippen LogP contribution in [0.2, 0.25) is 0 Å². The number of hydrogen-bond acceptors (Lipinski definition) is 2. The van der Waals surface area contributed by atoms with E-state index in [4.69, 9.17) is 12.2 Å². The highest BCUT2D eigenvalue weighted by Gasteiger charge is 2.31. The Labute approximate surface area is 131 Å². The third kappa shape index (κ3) is 4.20. The van der Waals surface area contributed by atoms with Crippen molar-refractivity contribution in [3.63, 3.8) is 0 Å². The maximum Gasteiger partial charge on any atom is 0.416 e. The Hall–Kier alpha value is -2.09. The van der Waals surface area contributed by atoms with Crippen LogP contribution in [-0.4, -0.2) is 24.0 Å². The Morgan fingerprint density at radius 3 is 2.95 bits per heavy atom. The highest BCUT2D eigenvalue weighted by Crippen LogP contribution is 2.31. The van der Waals surface area contributed by atoms with Gasteiger partial charge in [-0.25, -0.2) is 4.99 Å². The fraction of sp³-hybridized carbons (Fsp3) is 0.286. The van der Waals surface area contributed by atoms with Crippen LogP contribution in [0, 0.1) is 0 Å². The van der Waals surface area contributed by atoms with Gasteiger partial charge < -0.3 is 5.32 Å². The van der Waals surface area contributed by atoms with Crippen molar-refractivity contribution < 1.29 is 13.2 Å². The van der Waals surface area contributed by atoms with Gasteiger partial charge in [0.15, 0.2) is 5.11 Å². The van der Waals surface area contributed by atoms with Gasteiger partial charge in [0, 0.05) is 19.5 Å². The zero-order valence-corrected chi connectivity index (χ0v) is 12.5. The molecule has 0 saturated carbocycles. The Balaban J connectivity index is 2.06. The lowest BCUT2D eigenvalue weighted by atomic mass is 10.2. The first-order valence-corrected chi connectivity index (χ1v) is 6.98. The zero-order chi connectivity index (χ0) is 16.2. The second kappa shape index (κ2) is 6.78. The van der Waals surface area contributed by atoms with Crippen LogP contribution in [0.15, 0.2) is 41.9 Å². The van der Waals surface area contributed by atoms with Crippen molar-refractivity contribution in [2.24, 2.45) is 4.99 Å². The zero-order valence-electron chi connectivity index (χ0n) is 11.7. The second-order valence-electron chi connectivity index (χ2n) is 4.59. The van der Waals surface area contributed by atoms with Crippen LogP contribution < -0.4 is 15.8 Å². The Morgan fingerprint density at radius 1 is 1.50 bits per heavy atom. The molecule has 1 heterocycles. The number of thiocarbonyl (C=S) groups is 1. The average molecular weight is 328 g/mol. The van der Waals surface area contributed by atoms with Gasteiger partial charge >= 0.3 is 6.18 Å². The van der Waals surface area contributed by atoms with Gasteiger partial charge in [-0.05, 0) is 30.4 Å². The van der Waals surface area contributed by atoms with E-state index in [1.54, 1.807) is 17.2 Å². The van der Waals surface area contributed by atoms with Crippen molar-refractivity contribution in [1.29, 1.82) is 0 Å². The number of halogens is 3. The van der Waals surface area contributed by atoms with Crippen LogP contribution in [0.1, 0.15) is 12.0 Å². The second-order valence-corrected chi connectivity index (χ2v) is 4.98. The summed E-state index contributed by atoms with van der Waals surface area (Å²) < 4.78 is 38.2. The number of benzene rings is 1. The quantitative estimate of drug-likeness (QED) is 0.661. The van der Waals surface area contributed by atoms with Crippen molar-refractivity contribution in [1.82, 2.24) is 10.7 Å². The number of nitrogens with zero attached hydrogens (tertiary/aromatic N) is 2. The molecule has 0 aromatic heterocycles. The van der Waals surface area contributed by atoms with Gasteiger partial charge in [0.1, 0.15) is 5.84 Å². The molecule has 2 rings (SSSR count). The van der Waals surface area contributed by atoms with Crippen molar-refractivity contribution in [2.45, 2.75) is 12.6 Å². The van der Waals surface area contributed by atoms with Crippen LogP contribution in [0.4, 0.5) is 18.9 Å². The molecule has 0 atom stereocenters. The number of nitrogens with one attached hydrogen (secondary N) is 2. The molecular formula is C14H15F3N4S. The van der Waals surface area contributed by atoms with Gasteiger partial charge in [0.2, 0.25) is 0 Å². The monoisotopic (exact) mass is 328 g/mol. The molecule has 2 N–H and O–H groups in total. The van der Waals surface area contributed by atoms with E-state index in [0.29, 0.717) is 36.1 Å². The minimum Gasteiger partial charge on any atom is -0.357 e. The maximum absolute atomic E-state index is 12.7. The van der Waals surface area contributed by atoms with E-state index in [1.807, 2.05) is 0 Å². The highest BCUT2D eigenvalue weighted by molar-refractivity contribution is 7.80. The first-order valence-electron chi connectivity index (χ1n) is 6.58. The average Bonchev–Trinajstić information content (AvgIpc) is 2.93. The molecule has 1 fully saturated rings. The van der Waals surface area contributed by atoms with E-state index >= 15 is 0 Å². The molecule has 1 aliphatic rings. The summed E-state index contributed by atoms with van der Waals surface area (Å²) >= 11 is 5.03. The van der Waals surface area contributed by atoms with Gasteiger partial charge in [-0.15, -0.1) is 6.58 Å². The molecular weight excluding hydrogens is 313 g/mol. The lowest BCUT2D eigenvalue weighted by molar-refractivity contribution is -0.137. The predicted octanol–water partition coefficient (Wildman–Crippen LogP) is 2.88. The summed E-state index contributed by atoms with van der Waals surface area (Å²) in [5.41, 5.74) is 2.71. The van der Waals surface area contributed by atoms with Crippen molar-refractivity contribution in [2.75, 3.05) is 18.1 Å². The molecule has 0 aliphatic carbocycles. The number of anilines is 1. The predicted molar refractivity (Wildman–Crippen MR) is 84.8 cm³/mol. The van der Waals surface area contributed by atoms with Crippen molar-refractivity contribution in [3.8, 4) is 0 Å². The van der Waals surface area contributed by atoms with Crippen molar-refractivity contribution >= 4 is 28.9 Å². The number of hydrazine groups is 1. The van der Waals surface area contributed by atoms with Crippen LogP contribution in [0.3, 0.4) is 0 Å². The minimum atomic E-state index is -4.36. The molecule has 1 aromatic carbocycles. The van der Waals surface area contributed by atoms with E-state index in [1.165, 1.54) is 6.07 Å². The molecule has 4 nitrogen and oxygen atoms in total. The Morgan fingerprint density at radius 2 is 2.27 bits per heavy atom. The summed E-state index contributed by atoms with van der Waals surface area (Å²) in [4.78, 5) is 4.17. The lowest BCUT2D eigenvalue weighted by Gasteiger charge is -2.19. The van der Waals surface area contributed by atoms with Gasteiger partial charge in [0.05, 0.1) is 11.3 Å². The lowest BCUT2D eigenvalue weighted by Crippen LogP contribution is -2.34. The van der Waals surface area contributed by atoms with Crippen LogP contribution in [0.5, 0.6) is 0 Å². The van der Waals surface area contributed by atoms with Gasteiger partial charge in [0.25, 0.3) is 0 Å². The van der Waals surface area contributed by atoms with Gasteiger partial charge in [-0.3, -0.25) is 10.4 Å². The Bertz CT molecular complexity index is 598. The normalized spacial score (nSPS) is 16.5. The summed E-state index contributed by atoms with van der Waals surface area (Å²) in [6.07, 6.45) is -2.13. The largest absolute Gasteiger partial charge is 0.416 e. The smallest absolute Gasteiger partial charge is 0.357 e. The third-order valence-electron chi connectivity index (χ3n) is 2.96. The SMILES string of the molecule is C=CCNC(=S)N=C1CCN(c2cccc(C(F)(F)F)c2)N1. The molecule has 118 valence electrons. The van der Waals surface area contributed by atoms with Crippen LogP contribution in [-0.2, 0) is 6.18 Å². The third-order valence-corrected chi connectivity index (χ3v) is 3.19. The number of alkyl halides is 3. The topological polar surface area (TPSA) is 39.7 Å². The van der Waals surface area contributed by atoms with E-state index in [-0.39, 0.29) is 0 Å². The molecule has 0 amide bonds. The summed E-state index contributed by atoms with van der Waals surface area (Å²) in [6, 6.07) is 5.14. The van der Waals surface area contributed by atoms with E-state index in [0.717, 1.165) is 12.1 Å².